The molecule has 166 valence electrons. The Hall–Kier alpha value is -2.99. The van der Waals surface area contributed by atoms with E-state index in [2.05, 4.69) is 29.9 Å². The molecule has 0 aliphatic rings. The summed E-state index contributed by atoms with van der Waals surface area (Å²) < 4.78 is 31.0. The zero-order chi connectivity index (χ0) is 23.3. The van der Waals surface area contributed by atoms with E-state index in [4.69, 9.17) is 25.6 Å². The van der Waals surface area contributed by atoms with Crippen LogP contribution < -0.4 is 9.47 Å². The normalized spacial score (nSPS) is 12.1. The summed E-state index contributed by atoms with van der Waals surface area (Å²) in [4.78, 5) is 8.20. The summed E-state index contributed by atoms with van der Waals surface area (Å²) in [5.74, 6) is 1.19. The molecule has 1 heterocycles. The summed E-state index contributed by atoms with van der Waals surface area (Å²) in [6, 6.07) is 15.1. The molecule has 32 heavy (non-hydrogen) atoms. The van der Waals surface area contributed by atoms with E-state index in [1.165, 1.54) is 13.3 Å². The van der Waals surface area contributed by atoms with Crippen LogP contribution in [0.25, 0.3) is 0 Å². The number of halogens is 1. The highest BCUT2D eigenvalue weighted by molar-refractivity contribution is 7.78. The molecular formula is C23H22ClN3O4S. The average molecular weight is 472 g/mol. The van der Waals surface area contributed by atoms with Crippen molar-refractivity contribution in [1.82, 2.24) is 9.97 Å². The minimum Gasteiger partial charge on any atom is -0.494 e. The molecule has 1 N–H and O–H groups in total. The predicted octanol–water partition coefficient (Wildman–Crippen LogP) is 4.64. The van der Waals surface area contributed by atoms with Crippen molar-refractivity contribution in [2.45, 2.75) is 31.6 Å². The number of ether oxygens (including phenoxy) is 2. The number of nitriles is 1. The molecule has 0 aliphatic carbocycles. The van der Waals surface area contributed by atoms with Gasteiger partial charge in [0.15, 0.2) is 16.8 Å². The Balaban J connectivity index is 1.76. The van der Waals surface area contributed by atoms with Crippen molar-refractivity contribution in [3.8, 4) is 17.6 Å². The predicted molar refractivity (Wildman–Crippen MR) is 122 cm³/mol. The maximum Gasteiger partial charge on any atom is 0.160 e. The van der Waals surface area contributed by atoms with Gasteiger partial charge in [-0.15, -0.1) is 0 Å². The van der Waals surface area contributed by atoms with E-state index in [-0.39, 0.29) is 12.4 Å². The van der Waals surface area contributed by atoms with Gasteiger partial charge in [0.25, 0.3) is 0 Å². The van der Waals surface area contributed by atoms with Gasteiger partial charge >= 0.3 is 0 Å². The van der Waals surface area contributed by atoms with Crippen LogP contribution in [0.2, 0.25) is 5.02 Å². The topological polar surface area (TPSA) is 105 Å². The number of aromatic nitrogens is 2. The van der Waals surface area contributed by atoms with Gasteiger partial charge in [0.2, 0.25) is 0 Å². The average Bonchev–Trinajstić information content (AvgIpc) is 2.77. The highest BCUT2D eigenvalue weighted by Gasteiger charge is 2.26. The molecule has 0 aliphatic heterocycles. The van der Waals surface area contributed by atoms with Gasteiger partial charge in [-0.1, -0.05) is 37.6 Å². The van der Waals surface area contributed by atoms with Crippen molar-refractivity contribution >= 4 is 22.7 Å². The van der Waals surface area contributed by atoms with Gasteiger partial charge in [-0.25, -0.2) is 14.2 Å². The summed E-state index contributed by atoms with van der Waals surface area (Å²) in [6.07, 6.45) is 1.54. The van der Waals surface area contributed by atoms with Crippen molar-refractivity contribution in [1.29, 1.82) is 5.26 Å². The number of nitrogens with zero attached hydrogens (tertiary/aromatic N) is 3. The van der Waals surface area contributed by atoms with E-state index < -0.39 is 16.5 Å². The van der Waals surface area contributed by atoms with Gasteiger partial charge in [0.1, 0.15) is 30.0 Å². The molecule has 9 heteroatoms. The van der Waals surface area contributed by atoms with Gasteiger partial charge < -0.3 is 14.0 Å². The Morgan fingerprint density at radius 1 is 1.19 bits per heavy atom. The fourth-order valence-electron chi connectivity index (χ4n) is 3.24. The van der Waals surface area contributed by atoms with Crippen LogP contribution in [0.5, 0.6) is 11.5 Å². The Morgan fingerprint density at radius 2 is 1.91 bits per heavy atom. The minimum absolute atomic E-state index is 0.124. The number of hydrogen-bond donors (Lipinski definition) is 1. The quantitative estimate of drug-likeness (QED) is 0.477. The van der Waals surface area contributed by atoms with Crippen molar-refractivity contribution in [3.05, 3.63) is 81.9 Å². The van der Waals surface area contributed by atoms with Crippen molar-refractivity contribution in [2.24, 2.45) is 0 Å². The summed E-state index contributed by atoms with van der Waals surface area (Å²) >= 11 is 4.34. The molecule has 1 unspecified atom stereocenters. The van der Waals surface area contributed by atoms with E-state index >= 15 is 0 Å². The largest absolute Gasteiger partial charge is 0.494 e. The molecular weight excluding hydrogens is 450 g/mol. The highest BCUT2D eigenvalue weighted by atomic mass is 35.5. The molecule has 3 aromatic rings. The second kappa shape index (κ2) is 10.1. The van der Waals surface area contributed by atoms with Gasteiger partial charge in [-0.2, -0.15) is 5.26 Å². The first kappa shape index (κ1) is 23.7. The van der Waals surface area contributed by atoms with Gasteiger partial charge in [0.05, 0.1) is 23.4 Å². The standard InChI is InChI=1S/C23H22ClN3O4S/c1-23(2,17-10-15(12-25)22(30-3)20(24)11-17)16-4-6-19(7-5-16)31-13-18-8-9-26-21(27-18)14-32(28)29/h4-11H,13-14H2,1-3H3,(H,28,29). The van der Waals surface area contributed by atoms with E-state index in [1.807, 2.05) is 30.3 Å². The molecule has 0 saturated carbocycles. The minimum atomic E-state index is -2.00. The molecule has 3 rings (SSSR count). The van der Waals surface area contributed by atoms with Crippen LogP contribution in [0, 0.1) is 11.3 Å². The smallest absolute Gasteiger partial charge is 0.160 e. The van der Waals surface area contributed by atoms with Crippen LogP contribution in [0.1, 0.15) is 42.1 Å². The molecule has 0 amide bonds. The lowest BCUT2D eigenvalue weighted by molar-refractivity contribution is 0.300. The second-order valence-electron chi connectivity index (χ2n) is 7.52. The fourth-order valence-corrected chi connectivity index (χ4v) is 3.89. The van der Waals surface area contributed by atoms with Gasteiger partial charge in [-0.3, -0.25) is 0 Å². The van der Waals surface area contributed by atoms with Crippen molar-refractivity contribution < 1.29 is 18.2 Å². The third-order valence-electron chi connectivity index (χ3n) is 5.07. The molecule has 2 aromatic carbocycles. The first-order chi connectivity index (χ1) is 15.2. The molecule has 7 nitrogen and oxygen atoms in total. The Morgan fingerprint density at radius 3 is 2.53 bits per heavy atom. The van der Waals surface area contributed by atoms with Crippen molar-refractivity contribution in [3.63, 3.8) is 0 Å². The molecule has 1 atom stereocenters. The first-order valence-electron chi connectivity index (χ1n) is 9.64. The second-order valence-corrected chi connectivity index (χ2v) is 8.86. The lowest BCUT2D eigenvalue weighted by Crippen LogP contribution is -2.19. The summed E-state index contributed by atoms with van der Waals surface area (Å²) in [5.41, 5.74) is 2.49. The third kappa shape index (κ3) is 5.43. The summed E-state index contributed by atoms with van der Waals surface area (Å²) in [7, 11) is 1.49. The van der Waals surface area contributed by atoms with Crippen LogP contribution in [-0.2, 0) is 28.9 Å². The first-order valence-corrected chi connectivity index (χ1v) is 11.3. The lowest BCUT2D eigenvalue weighted by atomic mass is 9.77. The van der Waals surface area contributed by atoms with Crippen LogP contribution in [0.4, 0.5) is 0 Å². The molecule has 0 saturated heterocycles. The number of hydrogen-bond acceptors (Lipinski definition) is 6. The molecule has 0 fully saturated rings. The highest BCUT2D eigenvalue weighted by Crippen LogP contribution is 2.38. The van der Waals surface area contributed by atoms with Crippen LogP contribution in [0.3, 0.4) is 0 Å². The SMILES string of the molecule is COc1c(Cl)cc(C(C)(C)c2ccc(OCc3ccnc(CS(=O)O)n3)cc2)cc1C#N. The summed E-state index contributed by atoms with van der Waals surface area (Å²) in [5, 5.41) is 9.83. The molecule has 1 aromatic heterocycles. The number of benzene rings is 2. The zero-order valence-corrected chi connectivity index (χ0v) is 19.4. The third-order valence-corrected chi connectivity index (χ3v) is 5.85. The van der Waals surface area contributed by atoms with E-state index in [9.17, 15) is 9.47 Å². The Kier molecular flexibility index (Phi) is 7.46. The maximum atomic E-state index is 10.9. The summed E-state index contributed by atoms with van der Waals surface area (Å²) in [6.45, 7) is 4.31. The van der Waals surface area contributed by atoms with Gasteiger partial charge in [-0.05, 0) is 41.5 Å². The molecule has 0 bridgehead atoms. The zero-order valence-electron chi connectivity index (χ0n) is 17.8. The number of methoxy groups -OCH3 is 1. The monoisotopic (exact) mass is 471 g/mol. The van der Waals surface area contributed by atoms with Crippen LogP contribution in [-0.4, -0.2) is 25.8 Å². The van der Waals surface area contributed by atoms with Crippen LogP contribution in [0.15, 0.2) is 48.7 Å². The lowest BCUT2D eigenvalue weighted by Gasteiger charge is -2.27. The molecule has 0 spiro atoms. The maximum absolute atomic E-state index is 10.9. The number of rotatable bonds is 8. The van der Waals surface area contributed by atoms with E-state index in [0.29, 0.717) is 33.6 Å². The molecule has 0 radical (unpaired) electrons. The Labute approximate surface area is 194 Å². The van der Waals surface area contributed by atoms with Crippen LogP contribution >= 0.6 is 11.6 Å². The van der Waals surface area contributed by atoms with Crippen molar-refractivity contribution in [2.75, 3.05) is 7.11 Å². The fraction of sp³-hybridized carbons (Fsp3) is 0.261. The van der Waals surface area contributed by atoms with E-state index in [0.717, 1.165) is 11.1 Å². The van der Waals surface area contributed by atoms with E-state index in [1.54, 1.807) is 12.1 Å². The van der Waals surface area contributed by atoms with Gasteiger partial charge in [0, 0.05) is 11.6 Å². The Bertz CT molecular complexity index is 1180.